The molecule has 0 saturated carbocycles. The van der Waals surface area contributed by atoms with E-state index in [1.54, 1.807) is 23.5 Å². The van der Waals surface area contributed by atoms with Gasteiger partial charge in [0.25, 0.3) is 11.5 Å². The molecule has 0 bridgehead atoms. The summed E-state index contributed by atoms with van der Waals surface area (Å²) < 4.78 is 15.3. The zero-order valence-electron chi connectivity index (χ0n) is 18.3. The average Bonchev–Trinajstić information content (AvgIpc) is 3.29. The minimum absolute atomic E-state index is 0.103. The molecule has 0 fully saturated rings. The zero-order valence-corrected chi connectivity index (χ0v) is 19.2. The van der Waals surface area contributed by atoms with E-state index in [2.05, 4.69) is 34.2 Å². The van der Waals surface area contributed by atoms with Crippen molar-refractivity contribution in [1.82, 2.24) is 15.2 Å². The van der Waals surface area contributed by atoms with Crippen molar-refractivity contribution < 1.29 is 9.18 Å². The lowest BCUT2D eigenvalue weighted by Crippen LogP contribution is -2.28. The first-order valence-electron chi connectivity index (χ1n) is 10.6. The number of para-hydroxylation sites is 1. The molecule has 5 nitrogen and oxygen atoms in total. The summed E-state index contributed by atoms with van der Waals surface area (Å²) >= 11 is 1.69. The number of benzene rings is 2. The Morgan fingerprint density at radius 2 is 1.91 bits per heavy atom. The molecule has 4 aromatic rings. The smallest absolute Gasteiger partial charge is 0.255 e. The molecule has 33 heavy (non-hydrogen) atoms. The third-order valence-corrected chi connectivity index (χ3v) is 6.37. The summed E-state index contributed by atoms with van der Waals surface area (Å²) in [5, 5.41) is 8.26. The van der Waals surface area contributed by atoms with Gasteiger partial charge in [0.15, 0.2) is 0 Å². The Hall–Kier alpha value is -3.55. The molecule has 168 valence electrons. The fraction of sp³-hybridized carbons (Fsp3) is 0.154. The molecule has 0 aliphatic heterocycles. The Labute approximate surface area is 195 Å². The Kier molecular flexibility index (Phi) is 6.82. The molecule has 0 spiro atoms. The molecule has 7 heteroatoms. The van der Waals surface area contributed by atoms with Gasteiger partial charge >= 0.3 is 0 Å². The Morgan fingerprint density at radius 1 is 1.09 bits per heavy atom. The van der Waals surface area contributed by atoms with E-state index in [9.17, 15) is 14.0 Å². The molecule has 1 atom stereocenters. The van der Waals surface area contributed by atoms with Crippen LogP contribution in [0.15, 0.2) is 83.1 Å². The summed E-state index contributed by atoms with van der Waals surface area (Å²) in [5.74, 6) is -0.876. The van der Waals surface area contributed by atoms with Gasteiger partial charge in [0.05, 0.1) is 17.3 Å². The van der Waals surface area contributed by atoms with Crippen molar-refractivity contribution in [2.24, 2.45) is 0 Å². The van der Waals surface area contributed by atoms with Crippen LogP contribution >= 0.6 is 11.3 Å². The number of pyridine rings is 1. The number of carbonyl (C=O) groups excluding carboxylic acids is 1. The van der Waals surface area contributed by atoms with Crippen molar-refractivity contribution in [1.29, 1.82) is 0 Å². The average molecular weight is 462 g/mol. The summed E-state index contributed by atoms with van der Waals surface area (Å²) in [5.41, 5.74) is 3.25. The third kappa shape index (κ3) is 5.10. The summed E-state index contributed by atoms with van der Waals surface area (Å²) in [6.45, 7) is 2.72. The molecule has 2 aromatic heterocycles. The molecule has 2 heterocycles. The number of nitrogens with zero attached hydrogens (tertiary/aromatic N) is 1. The van der Waals surface area contributed by atoms with Crippen molar-refractivity contribution in [3.05, 3.63) is 111 Å². The Bertz CT molecular complexity index is 1350. The Morgan fingerprint density at radius 3 is 2.70 bits per heavy atom. The molecule has 1 amide bonds. The number of rotatable bonds is 7. The number of thiophene rings is 1. The summed E-state index contributed by atoms with van der Waals surface area (Å²) in [4.78, 5) is 26.3. The van der Waals surface area contributed by atoms with Gasteiger partial charge in [-0.1, -0.05) is 30.3 Å². The molecular formula is C26H24FN3O2S. The van der Waals surface area contributed by atoms with Crippen LogP contribution in [0, 0.1) is 5.82 Å². The van der Waals surface area contributed by atoms with Crippen LogP contribution in [0.25, 0.3) is 16.1 Å². The van der Waals surface area contributed by atoms with Crippen LogP contribution in [0.4, 0.5) is 4.39 Å². The maximum absolute atomic E-state index is 14.2. The highest BCUT2D eigenvalue weighted by molar-refractivity contribution is 7.13. The molecule has 4 rings (SSSR count). The van der Waals surface area contributed by atoms with E-state index < -0.39 is 11.4 Å². The van der Waals surface area contributed by atoms with E-state index in [0.717, 1.165) is 27.1 Å². The van der Waals surface area contributed by atoms with Crippen molar-refractivity contribution in [3.63, 3.8) is 0 Å². The highest BCUT2D eigenvalue weighted by Crippen LogP contribution is 2.29. The maximum Gasteiger partial charge on any atom is 0.255 e. The SMILES string of the molecule is CNCc1csc(-c2cccc([C@@H](C)NC(=O)c3ccc(=O)n(-c4ccccc4F)c3)c2)c1. The van der Waals surface area contributed by atoms with E-state index >= 15 is 0 Å². The van der Waals surface area contributed by atoms with Crippen LogP contribution in [0.5, 0.6) is 0 Å². The highest BCUT2D eigenvalue weighted by Gasteiger charge is 2.15. The van der Waals surface area contributed by atoms with E-state index in [1.807, 2.05) is 26.1 Å². The lowest BCUT2D eigenvalue weighted by molar-refractivity contribution is 0.0939. The monoisotopic (exact) mass is 461 g/mol. The van der Waals surface area contributed by atoms with E-state index in [-0.39, 0.29) is 23.2 Å². The number of hydrogen-bond donors (Lipinski definition) is 2. The van der Waals surface area contributed by atoms with Crippen LogP contribution in [0.1, 0.15) is 34.5 Å². The van der Waals surface area contributed by atoms with Crippen molar-refractivity contribution in [2.45, 2.75) is 19.5 Å². The minimum Gasteiger partial charge on any atom is -0.345 e. The standard InChI is InChI=1S/C26H24FN3O2S/c1-17(19-6-5-7-20(13-19)24-12-18(14-28-2)16-33-24)29-26(32)21-10-11-25(31)30(15-21)23-9-4-3-8-22(23)27/h3-13,15-17,28H,14H2,1-2H3,(H,29,32)/t17-/m1/s1. The maximum atomic E-state index is 14.2. The van der Waals surface area contributed by atoms with Crippen molar-refractivity contribution >= 4 is 17.2 Å². The molecule has 2 N–H and O–H groups in total. The normalized spacial score (nSPS) is 11.8. The first kappa shape index (κ1) is 22.6. The zero-order chi connectivity index (χ0) is 23.4. The van der Waals surface area contributed by atoms with E-state index in [4.69, 9.17) is 0 Å². The number of amides is 1. The number of aromatic nitrogens is 1. The number of hydrogen-bond acceptors (Lipinski definition) is 4. The van der Waals surface area contributed by atoms with Gasteiger partial charge in [-0.3, -0.25) is 14.2 Å². The largest absolute Gasteiger partial charge is 0.345 e. The first-order chi connectivity index (χ1) is 16.0. The lowest BCUT2D eigenvalue weighted by atomic mass is 10.0. The fourth-order valence-corrected chi connectivity index (χ4v) is 4.52. The first-order valence-corrected chi connectivity index (χ1v) is 11.4. The quantitative estimate of drug-likeness (QED) is 0.411. The topological polar surface area (TPSA) is 63.1 Å². The van der Waals surface area contributed by atoms with Gasteiger partial charge in [-0.05, 0) is 66.4 Å². The Balaban J connectivity index is 1.54. The third-order valence-electron chi connectivity index (χ3n) is 5.34. The number of halogens is 1. The van der Waals surface area contributed by atoms with Gasteiger partial charge < -0.3 is 10.6 Å². The molecule has 0 saturated heterocycles. The second kappa shape index (κ2) is 9.94. The van der Waals surface area contributed by atoms with Crippen LogP contribution < -0.4 is 16.2 Å². The van der Waals surface area contributed by atoms with Gasteiger partial charge in [-0.25, -0.2) is 4.39 Å². The molecule has 0 radical (unpaired) electrons. The van der Waals surface area contributed by atoms with Gasteiger partial charge in [-0.2, -0.15) is 0 Å². The van der Waals surface area contributed by atoms with Crippen molar-refractivity contribution in [3.8, 4) is 16.1 Å². The molecular weight excluding hydrogens is 437 g/mol. The van der Waals surface area contributed by atoms with Crippen LogP contribution in [-0.2, 0) is 6.54 Å². The van der Waals surface area contributed by atoms with Gasteiger partial charge in [0, 0.05) is 23.7 Å². The van der Waals surface area contributed by atoms with Gasteiger partial charge in [0.1, 0.15) is 5.82 Å². The minimum atomic E-state index is -0.534. The second-order valence-corrected chi connectivity index (χ2v) is 8.66. The summed E-state index contributed by atoms with van der Waals surface area (Å²) in [6, 6.07) is 18.7. The van der Waals surface area contributed by atoms with E-state index in [0.29, 0.717) is 0 Å². The van der Waals surface area contributed by atoms with Crippen LogP contribution in [-0.4, -0.2) is 17.5 Å². The van der Waals surface area contributed by atoms with Crippen molar-refractivity contribution in [2.75, 3.05) is 7.05 Å². The number of carbonyl (C=O) groups is 1. The molecule has 0 aliphatic rings. The molecule has 2 aromatic carbocycles. The van der Waals surface area contributed by atoms with Crippen LogP contribution in [0.3, 0.4) is 0 Å². The fourth-order valence-electron chi connectivity index (χ4n) is 3.61. The van der Waals surface area contributed by atoms with Gasteiger partial charge in [-0.15, -0.1) is 11.3 Å². The van der Waals surface area contributed by atoms with Gasteiger partial charge in [0.2, 0.25) is 0 Å². The lowest BCUT2D eigenvalue weighted by Gasteiger charge is -2.16. The summed E-state index contributed by atoms with van der Waals surface area (Å²) in [7, 11) is 1.92. The predicted molar refractivity (Wildman–Crippen MR) is 130 cm³/mol. The molecule has 0 unspecified atom stereocenters. The van der Waals surface area contributed by atoms with Crippen LogP contribution in [0.2, 0.25) is 0 Å². The predicted octanol–water partition coefficient (Wildman–Crippen LogP) is 4.92. The molecule has 0 aliphatic carbocycles. The summed E-state index contributed by atoms with van der Waals surface area (Å²) in [6.07, 6.45) is 1.37. The number of nitrogens with one attached hydrogen (secondary N) is 2. The second-order valence-electron chi connectivity index (χ2n) is 7.75. The van der Waals surface area contributed by atoms with E-state index in [1.165, 1.54) is 36.0 Å². The highest BCUT2D eigenvalue weighted by atomic mass is 32.1.